The largest absolute Gasteiger partial charge is 0.374 e. The molecule has 2 aromatic carbocycles. The first-order valence-electron chi connectivity index (χ1n) is 8.79. The van der Waals surface area contributed by atoms with E-state index in [4.69, 9.17) is 0 Å². The molecule has 0 saturated carbocycles. The number of carbonyl (C=O) groups is 2. The van der Waals surface area contributed by atoms with Crippen molar-refractivity contribution >= 4 is 28.9 Å². The van der Waals surface area contributed by atoms with Crippen molar-refractivity contribution in [1.29, 1.82) is 0 Å². The first kappa shape index (κ1) is 18.8. The fourth-order valence-electron chi connectivity index (χ4n) is 3.12. The third-order valence-electron chi connectivity index (χ3n) is 4.55. The lowest BCUT2D eigenvalue weighted by molar-refractivity contribution is -0.117. The second-order valence-electron chi connectivity index (χ2n) is 6.60. The van der Waals surface area contributed by atoms with Gasteiger partial charge in [0.15, 0.2) is 0 Å². The van der Waals surface area contributed by atoms with Gasteiger partial charge in [-0.2, -0.15) is 0 Å². The monoisotopic (exact) mass is 373 g/mol. The molecule has 2 amide bonds. The van der Waals surface area contributed by atoms with Gasteiger partial charge >= 0.3 is 0 Å². The number of nitrogens with zero attached hydrogens (tertiary/aromatic N) is 1. The number of aryl methyl sites for hydroxylation is 1. The molecule has 1 unspecified atom stereocenters. The van der Waals surface area contributed by atoms with E-state index in [1.54, 1.807) is 17.9 Å². The summed E-state index contributed by atoms with van der Waals surface area (Å²) in [5.74, 6) is -2.11. The number of benzene rings is 2. The Morgan fingerprint density at radius 2 is 1.89 bits per heavy atom. The maximum Gasteiger partial charge on any atom is 0.246 e. The molecule has 1 saturated heterocycles. The van der Waals surface area contributed by atoms with Gasteiger partial charge in [0.1, 0.15) is 23.4 Å². The van der Waals surface area contributed by atoms with Gasteiger partial charge in [0.25, 0.3) is 0 Å². The van der Waals surface area contributed by atoms with Gasteiger partial charge in [-0.15, -0.1) is 0 Å². The van der Waals surface area contributed by atoms with Crippen LogP contribution in [0.25, 0.3) is 0 Å². The molecule has 142 valence electrons. The van der Waals surface area contributed by atoms with E-state index in [1.165, 1.54) is 6.07 Å². The van der Waals surface area contributed by atoms with Crippen LogP contribution in [0.3, 0.4) is 0 Å². The first-order valence-corrected chi connectivity index (χ1v) is 8.79. The van der Waals surface area contributed by atoms with E-state index in [-0.39, 0.29) is 5.91 Å². The summed E-state index contributed by atoms with van der Waals surface area (Å²) in [5.41, 5.74) is 1.98. The van der Waals surface area contributed by atoms with Crippen LogP contribution in [-0.4, -0.2) is 24.4 Å². The minimum absolute atomic E-state index is 0.110. The van der Waals surface area contributed by atoms with Crippen LogP contribution in [0.2, 0.25) is 0 Å². The predicted octanol–water partition coefficient (Wildman–Crippen LogP) is 3.84. The van der Waals surface area contributed by atoms with E-state index in [2.05, 4.69) is 10.6 Å². The highest BCUT2D eigenvalue weighted by Crippen LogP contribution is 2.28. The van der Waals surface area contributed by atoms with Crippen molar-refractivity contribution in [3.05, 3.63) is 53.6 Å². The van der Waals surface area contributed by atoms with Crippen molar-refractivity contribution in [2.45, 2.75) is 32.7 Å². The number of para-hydroxylation sites is 1. The molecular formula is C20H21F2N3O2. The zero-order chi connectivity index (χ0) is 19.6. The molecule has 1 aliphatic rings. The Labute approximate surface area is 156 Å². The fraction of sp³-hybridized carbons (Fsp3) is 0.300. The van der Waals surface area contributed by atoms with Crippen LogP contribution in [0.5, 0.6) is 0 Å². The summed E-state index contributed by atoms with van der Waals surface area (Å²) in [6.45, 7) is 4.20. The maximum atomic E-state index is 13.7. The fourth-order valence-corrected chi connectivity index (χ4v) is 3.12. The molecule has 27 heavy (non-hydrogen) atoms. The molecule has 2 N–H and O–H groups in total. The van der Waals surface area contributed by atoms with Gasteiger partial charge in [0, 0.05) is 24.3 Å². The molecule has 1 atom stereocenters. The number of nitrogens with one attached hydrogen (secondary N) is 2. The Kier molecular flexibility index (Phi) is 5.39. The minimum atomic E-state index is -0.828. The Hall–Kier alpha value is -2.96. The standard InChI is InChI=1S/C20H21F2N3O2/c1-12-11-14(8-9-17(12)25-10-4-7-18(25)26)23-13(2)20(27)24-19-15(21)5-3-6-16(19)22/h3,5-6,8-9,11,13,23H,4,7,10H2,1-2H3,(H,24,27). The molecule has 0 aromatic heterocycles. The minimum Gasteiger partial charge on any atom is -0.374 e. The summed E-state index contributed by atoms with van der Waals surface area (Å²) in [6, 6.07) is 8.13. The summed E-state index contributed by atoms with van der Waals surface area (Å²) >= 11 is 0. The van der Waals surface area contributed by atoms with Gasteiger partial charge < -0.3 is 15.5 Å². The van der Waals surface area contributed by atoms with Crippen molar-refractivity contribution in [2.24, 2.45) is 0 Å². The van der Waals surface area contributed by atoms with Crippen molar-refractivity contribution in [2.75, 3.05) is 22.1 Å². The summed E-state index contributed by atoms with van der Waals surface area (Å²) in [4.78, 5) is 25.9. The van der Waals surface area contributed by atoms with Crippen LogP contribution < -0.4 is 15.5 Å². The van der Waals surface area contributed by atoms with Crippen LogP contribution >= 0.6 is 0 Å². The zero-order valence-corrected chi connectivity index (χ0v) is 15.2. The molecule has 2 aromatic rings. The van der Waals surface area contributed by atoms with Gasteiger partial charge in [-0.1, -0.05) is 6.07 Å². The van der Waals surface area contributed by atoms with Crippen LogP contribution in [0.4, 0.5) is 25.8 Å². The summed E-state index contributed by atoms with van der Waals surface area (Å²) < 4.78 is 27.3. The molecule has 0 aliphatic carbocycles. The molecule has 0 bridgehead atoms. The Morgan fingerprint density at radius 3 is 2.48 bits per heavy atom. The summed E-state index contributed by atoms with van der Waals surface area (Å²) in [5, 5.41) is 5.28. The second-order valence-corrected chi connectivity index (χ2v) is 6.60. The highest BCUT2D eigenvalue weighted by molar-refractivity contribution is 5.97. The predicted molar refractivity (Wildman–Crippen MR) is 101 cm³/mol. The van der Waals surface area contributed by atoms with Crippen molar-refractivity contribution in [3.8, 4) is 0 Å². The van der Waals surface area contributed by atoms with Gasteiger partial charge in [-0.25, -0.2) is 8.78 Å². The highest BCUT2D eigenvalue weighted by atomic mass is 19.1. The third-order valence-corrected chi connectivity index (χ3v) is 4.55. The third kappa shape index (κ3) is 4.07. The smallest absolute Gasteiger partial charge is 0.246 e. The average Bonchev–Trinajstić information content (AvgIpc) is 3.04. The average molecular weight is 373 g/mol. The van der Waals surface area contributed by atoms with Crippen LogP contribution in [-0.2, 0) is 9.59 Å². The quantitative estimate of drug-likeness (QED) is 0.837. The Balaban J connectivity index is 1.68. The lowest BCUT2D eigenvalue weighted by atomic mass is 10.1. The van der Waals surface area contributed by atoms with Crippen molar-refractivity contribution in [3.63, 3.8) is 0 Å². The molecule has 1 heterocycles. The number of anilines is 3. The molecule has 0 spiro atoms. The summed E-state index contributed by atoms with van der Waals surface area (Å²) in [6.07, 6.45) is 1.41. The molecule has 7 heteroatoms. The normalized spacial score (nSPS) is 15.0. The molecule has 5 nitrogen and oxygen atoms in total. The van der Waals surface area contributed by atoms with Crippen LogP contribution in [0, 0.1) is 18.6 Å². The Morgan fingerprint density at radius 1 is 1.19 bits per heavy atom. The van der Waals surface area contributed by atoms with Crippen LogP contribution in [0.15, 0.2) is 36.4 Å². The van der Waals surface area contributed by atoms with E-state index in [1.807, 2.05) is 19.1 Å². The van der Waals surface area contributed by atoms with E-state index in [9.17, 15) is 18.4 Å². The molecule has 1 fully saturated rings. The first-order chi connectivity index (χ1) is 12.9. The second kappa shape index (κ2) is 7.73. The lowest BCUT2D eigenvalue weighted by Gasteiger charge is -2.20. The SMILES string of the molecule is Cc1cc(NC(C)C(=O)Nc2c(F)cccc2F)ccc1N1CCCC1=O. The number of hydrogen-bond donors (Lipinski definition) is 2. The van der Waals surface area contributed by atoms with E-state index in [0.29, 0.717) is 18.7 Å². The van der Waals surface area contributed by atoms with Crippen molar-refractivity contribution in [1.82, 2.24) is 0 Å². The molecular weight excluding hydrogens is 352 g/mol. The van der Waals surface area contributed by atoms with Gasteiger partial charge in [0.05, 0.1) is 0 Å². The summed E-state index contributed by atoms with van der Waals surface area (Å²) in [7, 11) is 0. The zero-order valence-electron chi connectivity index (χ0n) is 15.2. The molecule has 0 radical (unpaired) electrons. The lowest BCUT2D eigenvalue weighted by Crippen LogP contribution is -2.32. The maximum absolute atomic E-state index is 13.7. The highest BCUT2D eigenvalue weighted by Gasteiger charge is 2.23. The number of halogens is 2. The van der Waals surface area contributed by atoms with Gasteiger partial charge in [-0.3, -0.25) is 9.59 Å². The topological polar surface area (TPSA) is 61.4 Å². The number of amides is 2. The van der Waals surface area contributed by atoms with Gasteiger partial charge in [-0.05, 0) is 56.2 Å². The van der Waals surface area contributed by atoms with Crippen LogP contribution in [0.1, 0.15) is 25.3 Å². The van der Waals surface area contributed by atoms with E-state index < -0.39 is 29.3 Å². The van der Waals surface area contributed by atoms with E-state index in [0.717, 1.165) is 29.8 Å². The number of carbonyl (C=O) groups excluding carboxylic acids is 2. The number of hydrogen-bond acceptors (Lipinski definition) is 3. The van der Waals surface area contributed by atoms with Crippen molar-refractivity contribution < 1.29 is 18.4 Å². The number of rotatable bonds is 5. The molecule has 1 aliphatic heterocycles. The molecule has 3 rings (SSSR count). The Bertz CT molecular complexity index is 865. The van der Waals surface area contributed by atoms with E-state index >= 15 is 0 Å². The van der Waals surface area contributed by atoms with Gasteiger partial charge in [0.2, 0.25) is 11.8 Å².